The Hall–Kier alpha value is -5.31. The highest BCUT2D eigenvalue weighted by Gasteiger charge is 2.34. The summed E-state index contributed by atoms with van der Waals surface area (Å²) in [5.41, 5.74) is 1.82. The molecule has 3 aromatic carbocycles. The lowest BCUT2D eigenvalue weighted by Gasteiger charge is -2.31. The van der Waals surface area contributed by atoms with Crippen LogP contribution in [0.3, 0.4) is 0 Å². The van der Waals surface area contributed by atoms with E-state index in [0.29, 0.717) is 12.8 Å². The van der Waals surface area contributed by atoms with Crippen molar-refractivity contribution >= 4 is 29.7 Å². The molecule has 296 valence electrons. The number of benzene rings is 3. The Bertz CT molecular complexity index is 1670. The number of nitrogens with zero attached hydrogens (tertiary/aromatic N) is 2. The minimum atomic E-state index is -1.16. The Balaban J connectivity index is 1.33. The molecule has 0 unspecified atom stereocenters. The predicted molar refractivity (Wildman–Crippen MR) is 203 cm³/mol. The minimum absolute atomic E-state index is 0.0454. The van der Waals surface area contributed by atoms with Crippen molar-refractivity contribution in [1.82, 2.24) is 26.1 Å². The highest BCUT2D eigenvalue weighted by atomic mass is 16.7. The Morgan fingerprint density at radius 3 is 1.58 bits per heavy atom. The number of ether oxygens (including phenoxy) is 2. The van der Waals surface area contributed by atoms with Crippen molar-refractivity contribution in [3.8, 4) is 0 Å². The molecular formula is C41H53N5O9. The maximum Gasteiger partial charge on any atom is 0.408 e. The van der Waals surface area contributed by atoms with Crippen molar-refractivity contribution in [2.45, 2.75) is 96.9 Å². The van der Waals surface area contributed by atoms with Gasteiger partial charge in [-0.15, -0.1) is 0 Å². The lowest BCUT2D eigenvalue weighted by molar-refractivity contribution is -0.195. The van der Waals surface area contributed by atoms with Gasteiger partial charge in [0.2, 0.25) is 17.7 Å². The van der Waals surface area contributed by atoms with Crippen molar-refractivity contribution < 1.29 is 43.1 Å². The van der Waals surface area contributed by atoms with Crippen molar-refractivity contribution in [3.63, 3.8) is 0 Å². The zero-order valence-corrected chi connectivity index (χ0v) is 32.0. The molecule has 1 fully saturated rings. The molecule has 14 nitrogen and oxygen atoms in total. The number of carbonyl (C=O) groups excluding carboxylic acids is 5. The molecular weight excluding hydrogens is 706 g/mol. The van der Waals surface area contributed by atoms with E-state index in [0.717, 1.165) is 21.8 Å². The summed E-state index contributed by atoms with van der Waals surface area (Å²) in [5, 5.41) is 10.6. The molecule has 3 aromatic rings. The van der Waals surface area contributed by atoms with Crippen LogP contribution in [0.5, 0.6) is 0 Å². The summed E-state index contributed by atoms with van der Waals surface area (Å²) in [4.78, 5) is 76.8. The molecule has 0 aromatic heterocycles. The van der Waals surface area contributed by atoms with Gasteiger partial charge in [0.05, 0.1) is 13.2 Å². The molecule has 1 saturated heterocycles. The molecule has 1 aliphatic rings. The zero-order chi connectivity index (χ0) is 39.6. The van der Waals surface area contributed by atoms with Gasteiger partial charge in [0.25, 0.3) is 5.91 Å². The molecule has 0 bridgehead atoms. The number of hydrogen-bond donors (Lipinski definition) is 3. The molecule has 3 atom stereocenters. The summed E-state index contributed by atoms with van der Waals surface area (Å²) in [5.74, 6) is -1.52. The van der Waals surface area contributed by atoms with Crippen LogP contribution in [-0.4, -0.2) is 83.3 Å². The molecule has 1 aliphatic heterocycles. The van der Waals surface area contributed by atoms with Crippen molar-refractivity contribution in [2.24, 2.45) is 0 Å². The summed E-state index contributed by atoms with van der Waals surface area (Å²) in [6.45, 7) is 7.20. The first kappa shape index (κ1) is 42.4. The average molecular weight is 760 g/mol. The molecule has 1 heterocycles. The largest absolute Gasteiger partial charge is 0.444 e. The van der Waals surface area contributed by atoms with Crippen LogP contribution in [0.25, 0.3) is 0 Å². The lowest BCUT2D eigenvalue weighted by Crippen LogP contribution is -2.61. The van der Waals surface area contributed by atoms with Crippen molar-refractivity contribution in [1.29, 1.82) is 0 Å². The van der Waals surface area contributed by atoms with Gasteiger partial charge in [0.1, 0.15) is 36.9 Å². The highest BCUT2D eigenvalue weighted by molar-refractivity contribution is 5.96. The summed E-state index contributed by atoms with van der Waals surface area (Å²) < 4.78 is 11.3. The molecule has 0 aliphatic carbocycles. The van der Waals surface area contributed by atoms with Gasteiger partial charge in [-0.3, -0.25) is 28.9 Å². The molecule has 0 saturated carbocycles. The normalized spacial score (nSPS) is 16.0. The van der Waals surface area contributed by atoms with E-state index in [4.69, 9.17) is 19.1 Å². The number of alkyl carbamates (subject to hydrolysis) is 1. The Morgan fingerprint density at radius 2 is 1.13 bits per heavy atom. The first-order valence-corrected chi connectivity index (χ1v) is 18.5. The third-order valence-corrected chi connectivity index (χ3v) is 8.42. The van der Waals surface area contributed by atoms with E-state index >= 15 is 0 Å². The standard InChI is InChI=1S/C41H53N5O9/c1-30(47)45(53-27-32-18-10-6-11-19-32)24-14-22-34-37(48)43-35(38(49)42-34)23-15-25-46(54-28-33-20-12-7-13-21-33)39(50)36(44-40(51)55-41(2,3)4)29-52-26-31-16-8-5-9-17-31/h5-13,16-21,34-36H,14-15,22-29H2,1-4H3,(H,42,49)(H,43,48)(H,44,51)/t34-,35-,36+/m0/s1. The fraction of sp³-hybridized carbons (Fsp3) is 0.439. The number of rotatable bonds is 20. The van der Waals surface area contributed by atoms with E-state index in [2.05, 4.69) is 16.0 Å². The fourth-order valence-electron chi connectivity index (χ4n) is 5.63. The van der Waals surface area contributed by atoms with Crippen LogP contribution >= 0.6 is 0 Å². The lowest BCUT2D eigenvalue weighted by atomic mass is 10.0. The summed E-state index contributed by atoms with van der Waals surface area (Å²) in [7, 11) is 0. The molecule has 55 heavy (non-hydrogen) atoms. The third kappa shape index (κ3) is 15.2. The second-order valence-corrected chi connectivity index (χ2v) is 14.2. The fourth-order valence-corrected chi connectivity index (χ4v) is 5.63. The summed E-state index contributed by atoms with van der Waals surface area (Å²) in [6.07, 6.45) is 0.419. The molecule has 3 N–H and O–H groups in total. The van der Waals surface area contributed by atoms with E-state index in [1.807, 2.05) is 91.0 Å². The van der Waals surface area contributed by atoms with Gasteiger partial charge < -0.3 is 25.4 Å². The van der Waals surface area contributed by atoms with Crippen LogP contribution < -0.4 is 16.0 Å². The molecule has 14 heteroatoms. The van der Waals surface area contributed by atoms with E-state index in [9.17, 15) is 24.0 Å². The number of hydroxylamine groups is 4. The molecule has 0 spiro atoms. The van der Waals surface area contributed by atoms with Crippen LogP contribution in [0, 0.1) is 0 Å². The van der Waals surface area contributed by atoms with E-state index in [1.54, 1.807) is 20.8 Å². The van der Waals surface area contributed by atoms with Gasteiger partial charge in [-0.05, 0) is 63.1 Å². The van der Waals surface area contributed by atoms with Crippen molar-refractivity contribution in [3.05, 3.63) is 108 Å². The van der Waals surface area contributed by atoms with Gasteiger partial charge in [-0.2, -0.15) is 0 Å². The number of carbonyl (C=O) groups is 5. The smallest absolute Gasteiger partial charge is 0.408 e. The second kappa shape index (κ2) is 21.5. The maximum atomic E-state index is 14.0. The predicted octanol–water partition coefficient (Wildman–Crippen LogP) is 4.58. The van der Waals surface area contributed by atoms with Gasteiger partial charge in [-0.1, -0.05) is 91.0 Å². The SMILES string of the molecule is CC(=O)N(CCC[C@@H]1NC(=O)[C@H](CCCN(OCc2ccccc2)C(=O)[C@@H](COCc2ccccc2)NC(=O)OC(C)(C)C)NC1=O)OCc1ccccc1. The summed E-state index contributed by atoms with van der Waals surface area (Å²) in [6, 6.07) is 25.4. The molecule has 0 radical (unpaired) electrons. The second-order valence-electron chi connectivity index (χ2n) is 14.2. The van der Waals surface area contributed by atoms with E-state index in [-0.39, 0.29) is 70.1 Å². The summed E-state index contributed by atoms with van der Waals surface area (Å²) >= 11 is 0. The Labute approximate surface area is 322 Å². The van der Waals surface area contributed by atoms with Crippen LogP contribution in [0.1, 0.15) is 70.1 Å². The molecule has 4 rings (SSSR count). The highest BCUT2D eigenvalue weighted by Crippen LogP contribution is 2.14. The first-order valence-electron chi connectivity index (χ1n) is 18.5. The average Bonchev–Trinajstić information content (AvgIpc) is 3.15. The number of amides is 5. The van der Waals surface area contributed by atoms with Crippen LogP contribution in [0.2, 0.25) is 0 Å². The van der Waals surface area contributed by atoms with Crippen LogP contribution in [0.4, 0.5) is 4.79 Å². The topological polar surface area (TPSA) is 165 Å². The molecule has 5 amide bonds. The zero-order valence-electron chi connectivity index (χ0n) is 32.0. The van der Waals surface area contributed by atoms with Gasteiger partial charge in [-0.25, -0.2) is 14.9 Å². The van der Waals surface area contributed by atoms with Gasteiger partial charge in [0.15, 0.2) is 0 Å². The maximum absolute atomic E-state index is 14.0. The van der Waals surface area contributed by atoms with Crippen LogP contribution in [-0.2, 0) is 58.1 Å². The first-order chi connectivity index (χ1) is 26.4. The van der Waals surface area contributed by atoms with E-state index in [1.165, 1.54) is 12.0 Å². The minimum Gasteiger partial charge on any atom is -0.444 e. The third-order valence-electron chi connectivity index (χ3n) is 8.42. The Morgan fingerprint density at radius 1 is 0.691 bits per heavy atom. The van der Waals surface area contributed by atoms with E-state index < -0.39 is 35.7 Å². The number of hydrogen-bond acceptors (Lipinski definition) is 9. The monoisotopic (exact) mass is 759 g/mol. The van der Waals surface area contributed by atoms with Gasteiger partial charge >= 0.3 is 6.09 Å². The Kier molecular flexibility index (Phi) is 16.6. The van der Waals surface area contributed by atoms with Crippen molar-refractivity contribution in [2.75, 3.05) is 19.7 Å². The van der Waals surface area contributed by atoms with Gasteiger partial charge in [0, 0.05) is 20.0 Å². The van der Waals surface area contributed by atoms with Crippen LogP contribution in [0.15, 0.2) is 91.0 Å². The number of nitrogens with one attached hydrogen (secondary N) is 3. The quantitative estimate of drug-likeness (QED) is 0.140. The number of piperazine rings is 1.